The number of hydrogen-bond donors (Lipinski definition) is 0. The maximum Gasteiger partial charge on any atom is 0.416 e. The van der Waals surface area contributed by atoms with E-state index in [0.717, 1.165) is 30.5 Å². The SMILES string of the molecule is CS(=O)(=O)c1ccc(S(=O)(=O)Oc2cc(C(F)(F)F)cc(C(F)(F)F)c2)cc1. The summed E-state index contributed by atoms with van der Waals surface area (Å²) in [6, 6.07) is 3.43. The van der Waals surface area contributed by atoms with E-state index < -0.39 is 54.1 Å². The monoisotopic (exact) mass is 448 g/mol. The van der Waals surface area contributed by atoms with Crippen molar-refractivity contribution in [3.05, 3.63) is 53.6 Å². The summed E-state index contributed by atoms with van der Waals surface area (Å²) in [5.74, 6) is -1.20. The Kier molecular flexibility index (Phi) is 5.47. The summed E-state index contributed by atoms with van der Waals surface area (Å²) in [6.07, 6.45) is -9.51. The van der Waals surface area contributed by atoms with E-state index in [1.54, 1.807) is 0 Å². The van der Waals surface area contributed by atoms with Gasteiger partial charge in [0.15, 0.2) is 9.84 Å². The number of benzene rings is 2. The van der Waals surface area contributed by atoms with Crippen molar-refractivity contribution in [1.82, 2.24) is 0 Å². The average Bonchev–Trinajstić information content (AvgIpc) is 2.52. The van der Waals surface area contributed by atoms with Crippen LogP contribution in [0.3, 0.4) is 0 Å². The predicted molar refractivity (Wildman–Crippen MR) is 83.8 cm³/mol. The molecule has 0 aliphatic heterocycles. The van der Waals surface area contributed by atoms with Crippen molar-refractivity contribution in [3.8, 4) is 5.75 Å². The Morgan fingerprint density at radius 2 is 1.11 bits per heavy atom. The molecule has 0 aliphatic rings. The largest absolute Gasteiger partial charge is 0.416 e. The van der Waals surface area contributed by atoms with Gasteiger partial charge in [0, 0.05) is 6.26 Å². The van der Waals surface area contributed by atoms with Crippen LogP contribution in [0.4, 0.5) is 26.3 Å². The highest BCUT2D eigenvalue weighted by molar-refractivity contribution is 7.90. The van der Waals surface area contributed by atoms with Gasteiger partial charge in [-0.3, -0.25) is 0 Å². The summed E-state index contributed by atoms with van der Waals surface area (Å²) >= 11 is 0. The number of halogens is 6. The van der Waals surface area contributed by atoms with Crippen molar-refractivity contribution in [2.75, 3.05) is 6.26 Å². The Balaban J connectivity index is 2.48. The molecule has 2 rings (SSSR count). The van der Waals surface area contributed by atoms with E-state index in [4.69, 9.17) is 0 Å². The fourth-order valence-electron chi connectivity index (χ4n) is 2.00. The molecule has 0 aromatic heterocycles. The summed E-state index contributed by atoms with van der Waals surface area (Å²) in [6.45, 7) is 0. The van der Waals surface area contributed by atoms with Gasteiger partial charge in [-0.15, -0.1) is 0 Å². The van der Waals surface area contributed by atoms with Gasteiger partial charge in [0.1, 0.15) is 10.6 Å². The Hall–Kier alpha value is -2.28. The predicted octanol–water partition coefficient (Wildman–Crippen LogP) is 3.90. The van der Waals surface area contributed by atoms with Crippen molar-refractivity contribution < 1.29 is 47.4 Å². The number of sulfone groups is 1. The fourth-order valence-corrected chi connectivity index (χ4v) is 3.55. The molecule has 0 N–H and O–H groups in total. The highest BCUT2D eigenvalue weighted by Crippen LogP contribution is 2.38. The van der Waals surface area contributed by atoms with Crippen LogP contribution in [0.25, 0.3) is 0 Å². The molecule has 13 heteroatoms. The van der Waals surface area contributed by atoms with E-state index in [1.807, 2.05) is 0 Å². The Morgan fingerprint density at radius 3 is 1.46 bits per heavy atom. The van der Waals surface area contributed by atoms with E-state index in [1.165, 1.54) is 0 Å². The third-order valence-electron chi connectivity index (χ3n) is 3.31. The van der Waals surface area contributed by atoms with Crippen LogP contribution in [-0.4, -0.2) is 23.1 Å². The van der Waals surface area contributed by atoms with Gasteiger partial charge in [-0.25, -0.2) is 8.42 Å². The Bertz CT molecular complexity index is 1050. The first-order valence-corrected chi connectivity index (χ1v) is 10.3. The van der Waals surface area contributed by atoms with Crippen molar-refractivity contribution in [1.29, 1.82) is 0 Å². The lowest BCUT2D eigenvalue weighted by molar-refractivity contribution is -0.143. The summed E-state index contributed by atoms with van der Waals surface area (Å²) in [4.78, 5) is -0.907. The van der Waals surface area contributed by atoms with E-state index in [0.29, 0.717) is 0 Å². The summed E-state index contributed by atoms with van der Waals surface area (Å²) in [5, 5.41) is 0. The maximum atomic E-state index is 12.8. The third kappa shape index (κ3) is 5.16. The van der Waals surface area contributed by atoms with Gasteiger partial charge >= 0.3 is 22.5 Å². The summed E-state index contributed by atoms with van der Waals surface area (Å²) in [5.41, 5.74) is -3.50. The van der Waals surface area contributed by atoms with Gasteiger partial charge in [-0.2, -0.15) is 34.8 Å². The van der Waals surface area contributed by atoms with Crippen LogP contribution in [0.5, 0.6) is 5.75 Å². The lowest BCUT2D eigenvalue weighted by atomic mass is 10.1. The molecule has 0 fully saturated rings. The van der Waals surface area contributed by atoms with Crippen LogP contribution in [0.1, 0.15) is 11.1 Å². The van der Waals surface area contributed by atoms with Crippen molar-refractivity contribution in [2.24, 2.45) is 0 Å². The Morgan fingerprint density at radius 1 is 0.714 bits per heavy atom. The zero-order chi connectivity index (χ0) is 21.5. The number of alkyl halides is 6. The normalized spacial score (nSPS) is 13.4. The minimum Gasteiger partial charge on any atom is -0.379 e. The van der Waals surface area contributed by atoms with Crippen LogP contribution < -0.4 is 4.18 Å². The average molecular weight is 448 g/mol. The minimum absolute atomic E-state index is 0.109. The summed E-state index contributed by atoms with van der Waals surface area (Å²) < 4.78 is 128. The second-order valence-corrected chi connectivity index (χ2v) is 9.08. The molecule has 0 spiro atoms. The smallest absolute Gasteiger partial charge is 0.379 e. The van der Waals surface area contributed by atoms with Crippen molar-refractivity contribution in [3.63, 3.8) is 0 Å². The van der Waals surface area contributed by atoms with E-state index >= 15 is 0 Å². The standard InChI is InChI=1S/C15H10F6O5S2/c1-27(22,23)12-2-4-13(5-3-12)28(24,25)26-11-7-9(14(16,17)18)6-10(8-11)15(19,20)21/h2-8H,1H3. The molecular weight excluding hydrogens is 438 g/mol. The molecule has 2 aromatic carbocycles. The molecule has 0 atom stereocenters. The molecule has 0 saturated heterocycles. The first-order valence-electron chi connectivity index (χ1n) is 7.04. The molecule has 154 valence electrons. The molecule has 0 heterocycles. The second kappa shape index (κ2) is 6.95. The second-order valence-electron chi connectivity index (χ2n) is 5.52. The molecule has 0 radical (unpaired) electrons. The zero-order valence-electron chi connectivity index (χ0n) is 13.7. The van der Waals surface area contributed by atoms with E-state index in [2.05, 4.69) is 4.18 Å². The van der Waals surface area contributed by atoms with Crippen LogP contribution >= 0.6 is 0 Å². The van der Waals surface area contributed by atoms with Crippen LogP contribution in [0.15, 0.2) is 52.3 Å². The maximum absolute atomic E-state index is 12.8. The fraction of sp³-hybridized carbons (Fsp3) is 0.200. The van der Waals surface area contributed by atoms with Gasteiger partial charge in [0.2, 0.25) is 0 Å². The summed E-state index contributed by atoms with van der Waals surface area (Å²) in [7, 11) is -8.48. The van der Waals surface area contributed by atoms with Crippen LogP contribution in [0, 0.1) is 0 Å². The van der Waals surface area contributed by atoms with Crippen LogP contribution in [0.2, 0.25) is 0 Å². The highest BCUT2D eigenvalue weighted by atomic mass is 32.2. The molecule has 28 heavy (non-hydrogen) atoms. The Labute approximate surface area is 155 Å². The molecule has 0 bridgehead atoms. The quantitative estimate of drug-likeness (QED) is 0.524. The van der Waals surface area contributed by atoms with Crippen molar-refractivity contribution in [2.45, 2.75) is 22.1 Å². The number of hydrogen-bond acceptors (Lipinski definition) is 5. The topological polar surface area (TPSA) is 77.5 Å². The molecule has 5 nitrogen and oxygen atoms in total. The van der Waals surface area contributed by atoms with Gasteiger partial charge < -0.3 is 4.18 Å². The molecule has 2 aromatic rings. The van der Waals surface area contributed by atoms with Gasteiger partial charge in [0.05, 0.1) is 16.0 Å². The molecule has 0 aliphatic carbocycles. The zero-order valence-corrected chi connectivity index (χ0v) is 15.3. The van der Waals surface area contributed by atoms with Gasteiger partial charge in [0.25, 0.3) is 0 Å². The lowest BCUT2D eigenvalue weighted by Crippen LogP contribution is -2.14. The van der Waals surface area contributed by atoms with Gasteiger partial charge in [-0.1, -0.05) is 0 Å². The van der Waals surface area contributed by atoms with Crippen LogP contribution in [-0.2, 0) is 32.3 Å². The first-order chi connectivity index (χ1) is 12.5. The molecule has 0 unspecified atom stereocenters. The molecular formula is C15H10F6O5S2. The molecule has 0 saturated carbocycles. The van der Waals surface area contributed by atoms with E-state index in [9.17, 15) is 43.2 Å². The minimum atomic E-state index is -5.18. The number of rotatable bonds is 4. The lowest BCUT2D eigenvalue weighted by Gasteiger charge is -2.14. The highest BCUT2D eigenvalue weighted by Gasteiger charge is 2.37. The first kappa shape index (κ1) is 22.0. The molecule has 0 amide bonds. The van der Waals surface area contributed by atoms with Crippen molar-refractivity contribution >= 4 is 20.0 Å². The van der Waals surface area contributed by atoms with Gasteiger partial charge in [-0.05, 0) is 42.5 Å². The third-order valence-corrected chi connectivity index (χ3v) is 5.70. The van der Waals surface area contributed by atoms with E-state index in [-0.39, 0.29) is 23.1 Å².